The van der Waals surface area contributed by atoms with Crippen LogP contribution in [-0.4, -0.2) is 50.5 Å². The molecule has 1 atom stereocenters. The number of amides is 2. The molecule has 0 saturated carbocycles. The quantitative estimate of drug-likeness (QED) is 0.469. The molecule has 0 aliphatic carbocycles. The molecule has 0 bridgehead atoms. The number of benzene rings is 2. The zero-order chi connectivity index (χ0) is 25.5. The van der Waals surface area contributed by atoms with Crippen molar-refractivity contribution >= 4 is 50.7 Å². The zero-order valence-corrected chi connectivity index (χ0v) is 22.2. The molecule has 0 radical (unpaired) electrons. The number of hydrogen-bond donors (Lipinski definition) is 1. The number of nitrogens with one attached hydrogen (secondary N) is 1. The molecule has 34 heavy (non-hydrogen) atoms. The van der Waals surface area contributed by atoms with Crippen LogP contribution >= 0.6 is 23.2 Å². The predicted octanol–water partition coefficient (Wildman–Crippen LogP) is 4.40. The third-order valence-corrected chi connectivity index (χ3v) is 7.18. The largest absolute Gasteiger partial charge is 0.354 e. The first-order chi connectivity index (χ1) is 16.0. The number of nitrogens with zero attached hydrogens (tertiary/aromatic N) is 2. The fourth-order valence-electron chi connectivity index (χ4n) is 3.46. The molecule has 1 unspecified atom stereocenters. The Morgan fingerprint density at radius 2 is 1.62 bits per heavy atom. The number of anilines is 1. The molecule has 0 aliphatic heterocycles. The summed E-state index contributed by atoms with van der Waals surface area (Å²) >= 11 is 12.7. The van der Waals surface area contributed by atoms with Crippen LogP contribution < -0.4 is 9.62 Å². The van der Waals surface area contributed by atoms with Crippen molar-refractivity contribution < 1.29 is 18.0 Å². The highest BCUT2D eigenvalue weighted by Crippen LogP contribution is 2.27. The van der Waals surface area contributed by atoms with Gasteiger partial charge in [0.2, 0.25) is 21.8 Å². The number of hydrogen-bond acceptors (Lipinski definition) is 4. The lowest BCUT2D eigenvalue weighted by Gasteiger charge is -2.33. The Morgan fingerprint density at radius 1 is 1.03 bits per heavy atom. The molecule has 1 N–H and O–H groups in total. The summed E-state index contributed by atoms with van der Waals surface area (Å²) < 4.78 is 26.2. The van der Waals surface area contributed by atoms with E-state index in [1.807, 2.05) is 13.8 Å². The van der Waals surface area contributed by atoms with Gasteiger partial charge in [0.1, 0.15) is 12.6 Å². The summed E-state index contributed by atoms with van der Waals surface area (Å²) in [5, 5.41) is 3.53. The maximum absolute atomic E-state index is 13.6. The third kappa shape index (κ3) is 7.35. The van der Waals surface area contributed by atoms with Gasteiger partial charge >= 0.3 is 0 Å². The first-order valence-corrected chi connectivity index (χ1v) is 13.6. The average molecular weight is 529 g/mol. The van der Waals surface area contributed by atoms with E-state index in [2.05, 4.69) is 5.32 Å². The van der Waals surface area contributed by atoms with E-state index in [9.17, 15) is 18.0 Å². The van der Waals surface area contributed by atoms with Crippen LogP contribution in [0.1, 0.15) is 37.8 Å². The predicted molar refractivity (Wildman–Crippen MR) is 138 cm³/mol. The molecule has 0 saturated heterocycles. The molecule has 0 aliphatic rings. The molecule has 0 spiro atoms. The van der Waals surface area contributed by atoms with E-state index in [1.165, 1.54) is 4.90 Å². The SMILES string of the molecule is CCCNC(=O)C(CC)N(Cc1c(Cl)cccc1Cl)C(=O)CN(c1ccc(C)cc1)S(C)(=O)=O. The number of carbonyl (C=O) groups is 2. The van der Waals surface area contributed by atoms with Crippen molar-refractivity contribution in [2.75, 3.05) is 23.7 Å². The molecule has 2 amide bonds. The van der Waals surface area contributed by atoms with Crippen molar-refractivity contribution in [2.24, 2.45) is 0 Å². The molecule has 2 rings (SSSR count). The van der Waals surface area contributed by atoms with Gasteiger partial charge in [-0.3, -0.25) is 13.9 Å². The maximum Gasteiger partial charge on any atom is 0.244 e. The van der Waals surface area contributed by atoms with Crippen molar-refractivity contribution in [3.8, 4) is 0 Å². The van der Waals surface area contributed by atoms with Crippen LogP contribution in [0.15, 0.2) is 42.5 Å². The molecule has 0 heterocycles. The molecular formula is C24H31Cl2N3O4S. The highest BCUT2D eigenvalue weighted by molar-refractivity contribution is 7.92. The first kappa shape index (κ1) is 28.0. The average Bonchev–Trinajstić information content (AvgIpc) is 2.77. The Kier molecular flexibility index (Phi) is 10.2. The maximum atomic E-state index is 13.6. The smallest absolute Gasteiger partial charge is 0.244 e. The van der Waals surface area contributed by atoms with Crippen LogP contribution in [0.2, 0.25) is 10.0 Å². The van der Waals surface area contributed by atoms with Gasteiger partial charge in [-0.2, -0.15) is 0 Å². The molecule has 186 valence electrons. The van der Waals surface area contributed by atoms with Crippen LogP contribution in [0, 0.1) is 6.92 Å². The van der Waals surface area contributed by atoms with Crippen LogP contribution in [0.5, 0.6) is 0 Å². The van der Waals surface area contributed by atoms with Crippen LogP contribution in [0.3, 0.4) is 0 Å². The van der Waals surface area contributed by atoms with Crippen molar-refractivity contribution in [3.05, 3.63) is 63.6 Å². The van der Waals surface area contributed by atoms with Gasteiger partial charge in [0.25, 0.3) is 0 Å². The van der Waals surface area contributed by atoms with E-state index in [0.29, 0.717) is 34.3 Å². The molecule has 2 aromatic rings. The van der Waals surface area contributed by atoms with Crippen molar-refractivity contribution in [3.63, 3.8) is 0 Å². The van der Waals surface area contributed by atoms with Gasteiger partial charge in [-0.05, 0) is 44.0 Å². The molecule has 7 nitrogen and oxygen atoms in total. The fraction of sp³-hybridized carbons (Fsp3) is 0.417. The van der Waals surface area contributed by atoms with Crippen LogP contribution in [-0.2, 0) is 26.2 Å². The van der Waals surface area contributed by atoms with Crippen LogP contribution in [0.4, 0.5) is 5.69 Å². The van der Waals surface area contributed by atoms with E-state index in [1.54, 1.807) is 49.4 Å². The Morgan fingerprint density at radius 3 is 2.12 bits per heavy atom. The van der Waals surface area contributed by atoms with Gasteiger partial charge in [0.05, 0.1) is 11.9 Å². The highest BCUT2D eigenvalue weighted by Gasteiger charge is 2.32. The monoisotopic (exact) mass is 527 g/mol. The summed E-state index contributed by atoms with van der Waals surface area (Å²) in [4.78, 5) is 27.9. The molecule has 0 aromatic heterocycles. The van der Waals surface area contributed by atoms with Gasteiger partial charge in [-0.25, -0.2) is 8.42 Å². The third-order valence-electron chi connectivity index (χ3n) is 5.33. The number of sulfonamides is 1. The van der Waals surface area contributed by atoms with Gasteiger partial charge < -0.3 is 10.2 Å². The summed E-state index contributed by atoms with van der Waals surface area (Å²) in [7, 11) is -3.78. The molecule has 2 aromatic carbocycles. The van der Waals surface area contributed by atoms with Gasteiger partial charge in [-0.1, -0.05) is 60.8 Å². The Balaban J connectivity index is 2.47. The number of halogens is 2. The van der Waals surface area contributed by atoms with Gasteiger partial charge in [-0.15, -0.1) is 0 Å². The minimum Gasteiger partial charge on any atom is -0.354 e. The number of rotatable bonds is 11. The standard InChI is InChI=1S/C24H31Cl2N3O4S/c1-5-14-27-24(31)22(6-2)28(15-19-20(25)8-7-9-21(19)26)23(30)16-29(34(4,32)33)18-12-10-17(3)11-13-18/h7-13,22H,5-6,14-16H2,1-4H3,(H,27,31). The van der Waals surface area contributed by atoms with Gasteiger partial charge in [0.15, 0.2) is 0 Å². The van der Waals surface area contributed by atoms with E-state index in [-0.39, 0.29) is 12.5 Å². The Labute approximate surface area is 212 Å². The first-order valence-electron chi connectivity index (χ1n) is 11.0. The fourth-order valence-corrected chi connectivity index (χ4v) is 4.83. The second-order valence-corrected chi connectivity index (χ2v) is 10.8. The summed E-state index contributed by atoms with van der Waals surface area (Å²) in [6.45, 7) is 5.55. The summed E-state index contributed by atoms with van der Waals surface area (Å²) in [5.74, 6) is -0.859. The van der Waals surface area contributed by atoms with E-state index in [0.717, 1.165) is 22.5 Å². The Hall–Kier alpha value is -2.29. The molecule has 0 fully saturated rings. The minimum absolute atomic E-state index is 0.0408. The highest BCUT2D eigenvalue weighted by atomic mass is 35.5. The lowest BCUT2D eigenvalue weighted by atomic mass is 10.1. The van der Waals surface area contributed by atoms with Crippen molar-refractivity contribution in [2.45, 2.75) is 46.2 Å². The van der Waals surface area contributed by atoms with Crippen molar-refractivity contribution in [1.29, 1.82) is 0 Å². The normalized spacial score (nSPS) is 12.2. The number of aryl methyl sites for hydroxylation is 1. The van der Waals surface area contributed by atoms with Crippen molar-refractivity contribution in [1.82, 2.24) is 10.2 Å². The summed E-state index contributed by atoms with van der Waals surface area (Å²) in [6.07, 6.45) is 2.11. The van der Waals surface area contributed by atoms with E-state index in [4.69, 9.17) is 23.2 Å². The lowest BCUT2D eigenvalue weighted by Crippen LogP contribution is -2.52. The van der Waals surface area contributed by atoms with E-state index >= 15 is 0 Å². The number of carbonyl (C=O) groups excluding carboxylic acids is 2. The lowest BCUT2D eigenvalue weighted by molar-refractivity contribution is -0.140. The molecule has 10 heteroatoms. The second-order valence-electron chi connectivity index (χ2n) is 8.04. The zero-order valence-electron chi connectivity index (χ0n) is 19.8. The molecular weight excluding hydrogens is 497 g/mol. The summed E-state index contributed by atoms with van der Waals surface area (Å²) in [5.41, 5.74) is 1.81. The second kappa shape index (κ2) is 12.4. The Bertz CT molecular complexity index is 1090. The van der Waals surface area contributed by atoms with Gasteiger partial charge in [0, 0.05) is 28.7 Å². The summed E-state index contributed by atoms with van der Waals surface area (Å²) in [6, 6.07) is 11.0. The minimum atomic E-state index is -3.78. The van der Waals surface area contributed by atoms with Crippen LogP contribution in [0.25, 0.3) is 0 Å². The van der Waals surface area contributed by atoms with E-state index < -0.39 is 28.5 Å². The topological polar surface area (TPSA) is 86.8 Å².